The molecule has 1 aliphatic rings. The average molecular weight is 588 g/mol. The van der Waals surface area contributed by atoms with Crippen LogP contribution in [-0.2, 0) is 27.9 Å². The molecule has 11 nitrogen and oxygen atoms in total. The van der Waals surface area contributed by atoms with Gasteiger partial charge in [0.2, 0.25) is 15.9 Å². The quantitative estimate of drug-likeness (QED) is 0.123. The number of fused-ring (bicyclic) bond motifs is 1. The highest BCUT2D eigenvalue weighted by molar-refractivity contribution is 7.89. The largest absolute Gasteiger partial charge is 0.497 e. The van der Waals surface area contributed by atoms with Crippen molar-refractivity contribution in [1.29, 1.82) is 5.41 Å². The minimum Gasteiger partial charge on any atom is -0.497 e. The summed E-state index contributed by atoms with van der Waals surface area (Å²) in [7, 11) is -2.67. The van der Waals surface area contributed by atoms with Crippen LogP contribution < -0.4 is 10.5 Å². The SMILES string of the molecule is COc1ccc2ccc(S(=O)(=O)N(Cc3ccc([N+](=O)[O-])cc3)[C@H]3CCN(Cc4cccc(C(=N)N)c4)C3=O)cc2c1. The predicted molar refractivity (Wildman–Crippen MR) is 158 cm³/mol. The van der Waals surface area contributed by atoms with Gasteiger partial charge in [0.1, 0.15) is 17.6 Å². The number of ether oxygens (including phenoxy) is 1. The Morgan fingerprint density at radius 3 is 2.48 bits per heavy atom. The number of carbonyl (C=O) groups excluding carboxylic acids is 1. The molecule has 5 rings (SSSR count). The summed E-state index contributed by atoms with van der Waals surface area (Å²) in [5, 5.41) is 20.3. The van der Waals surface area contributed by atoms with Crippen LogP contribution in [-0.4, -0.2) is 54.0 Å². The minimum atomic E-state index is -4.20. The van der Waals surface area contributed by atoms with Gasteiger partial charge in [-0.15, -0.1) is 0 Å². The third-order valence-electron chi connectivity index (χ3n) is 7.34. The number of nitro groups is 1. The molecule has 0 spiro atoms. The van der Waals surface area contributed by atoms with E-state index < -0.39 is 21.0 Å². The van der Waals surface area contributed by atoms with Gasteiger partial charge in [-0.25, -0.2) is 8.42 Å². The Labute approximate surface area is 242 Å². The molecular formula is C30H29N5O6S. The number of hydrogen-bond acceptors (Lipinski definition) is 7. The number of amides is 1. The number of nitro benzene ring substituents is 1. The molecule has 0 radical (unpaired) electrons. The van der Waals surface area contributed by atoms with Crippen molar-refractivity contribution in [3.05, 3.63) is 112 Å². The maximum Gasteiger partial charge on any atom is 0.269 e. The lowest BCUT2D eigenvalue weighted by atomic mass is 10.1. The number of benzene rings is 4. The molecule has 1 saturated heterocycles. The molecule has 0 bridgehead atoms. The Morgan fingerprint density at radius 2 is 1.79 bits per heavy atom. The number of nitrogens with zero attached hydrogens (tertiary/aromatic N) is 3. The van der Waals surface area contributed by atoms with Crippen molar-refractivity contribution < 1.29 is 22.9 Å². The Balaban J connectivity index is 1.49. The first-order chi connectivity index (χ1) is 20.1. The van der Waals surface area contributed by atoms with Crippen LogP contribution in [0.25, 0.3) is 10.8 Å². The molecule has 12 heteroatoms. The first-order valence-electron chi connectivity index (χ1n) is 13.1. The zero-order valence-electron chi connectivity index (χ0n) is 22.8. The molecule has 1 heterocycles. The van der Waals surface area contributed by atoms with E-state index in [-0.39, 0.29) is 41.8 Å². The van der Waals surface area contributed by atoms with Gasteiger partial charge in [-0.05, 0) is 58.7 Å². The summed E-state index contributed by atoms with van der Waals surface area (Å²) in [6.07, 6.45) is 0.263. The number of hydrogen-bond donors (Lipinski definition) is 2. The van der Waals surface area contributed by atoms with Gasteiger partial charge >= 0.3 is 0 Å². The third-order valence-corrected chi connectivity index (χ3v) is 9.19. The van der Waals surface area contributed by atoms with Crippen LogP contribution >= 0.6 is 0 Å². The summed E-state index contributed by atoms with van der Waals surface area (Å²) in [6, 6.07) is 21.8. The molecule has 1 amide bonds. The smallest absolute Gasteiger partial charge is 0.269 e. The summed E-state index contributed by atoms with van der Waals surface area (Å²) >= 11 is 0. The van der Waals surface area contributed by atoms with Gasteiger partial charge in [0.05, 0.1) is 16.9 Å². The van der Waals surface area contributed by atoms with Crippen molar-refractivity contribution in [2.45, 2.75) is 30.4 Å². The van der Waals surface area contributed by atoms with Crippen LogP contribution in [0.1, 0.15) is 23.1 Å². The van der Waals surface area contributed by atoms with Crippen molar-refractivity contribution in [3.63, 3.8) is 0 Å². The normalized spacial score (nSPS) is 15.3. The van der Waals surface area contributed by atoms with Gasteiger partial charge in [-0.1, -0.05) is 42.5 Å². The second kappa shape index (κ2) is 11.6. The van der Waals surface area contributed by atoms with Crippen LogP contribution in [0.2, 0.25) is 0 Å². The number of likely N-dealkylation sites (tertiary alicyclic amines) is 1. The minimum absolute atomic E-state index is 0.0191. The van der Waals surface area contributed by atoms with Gasteiger partial charge in [-0.2, -0.15) is 4.31 Å². The Morgan fingerprint density at radius 1 is 1.05 bits per heavy atom. The molecular weight excluding hydrogens is 558 g/mol. The molecule has 0 unspecified atom stereocenters. The lowest BCUT2D eigenvalue weighted by molar-refractivity contribution is -0.384. The maximum atomic E-state index is 14.2. The molecule has 0 saturated carbocycles. The topological polar surface area (TPSA) is 160 Å². The van der Waals surface area contributed by atoms with Crippen LogP contribution in [0, 0.1) is 15.5 Å². The standard InChI is InChI=1S/C30H29N5O6S/c1-41-26-11-7-22-8-12-27(17-24(22)16-26)42(39,40)34(19-20-5-9-25(10-6-20)35(37)38)28-13-14-33(30(28)36)18-21-3-2-4-23(15-21)29(31)32/h2-12,15-17,28H,13-14,18-19H2,1H3,(H3,31,32)/t28-/m0/s1. The molecule has 4 aromatic carbocycles. The molecule has 216 valence electrons. The second-order valence-electron chi connectivity index (χ2n) is 10.0. The fourth-order valence-corrected chi connectivity index (χ4v) is 6.73. The first kappa shape index (κ1) is 28.7. The number of carbonyl (C=O) groups is 1. The van der Waals surface area contributed by atoms with E-state index in [0.717, 1.165) is 10.9 Å². The molecule has 3 N–H and O–H groups in total. The van der Waals surface area contributed by atoms with E-state index in [1.807, 2.05) is 12.1 Å². The van der Waals surface area contributed by atoms with E-state index in [4.69, 9.17) is 15.9 Å². The fourth-order valence-electron chi connectivity index (χ4n) is 5.10. The Hall–Kier alpha value is -4.81. The zero-order chi connectivity index (χ0) is 30.0. The fraction of sp³-hybridized carbons (Fsp3) is 0.200. The molecule has 42 heavy (non-hydrogen) atoms. The summed E-state index contributed by atoms with van der Waals surface area (Å²) in [5.74, 6) is 0.141. The van der Waals surface area contributed by atoms with Crippen molar-refractivity contribution in [2.24, 2.45) is 5.73 Å². The van der Waals surface area contributed by atoms with Crippen molar-refractivity contribution in [3.8, 4) is 5.75 Å². The van der Waals surface area contributed by atoms with E-state index in [2.05, 4.69) is 0 Å². The Bertz CT molecular complexity index is 1790. The average Bonchev–Trinajstić information content (AvgIpc) is 3.34. The van der Waals surface area contributed by atoms with Crippen LogP contribution in [0.5, 0.6) is 5.75 Å². The van der Waals surface area contributed by atoms with E-state index in [9.17, 15) is 23.3 Å². The summed E-state index contributed by atoms with van der Waals surface area (Å²) in [6.45, 7) is 0.410. The molecule has 0 aliphatic carbocycles. The summed E-state index contributed by atoms with van der Waals surface area (Å²) in [5.41, 5.74) is 7.31. The summed E-state index contributed by atoms with van der Waals surface area (Å²) < 4.78 is 34.9. The summed E-state index contributed by atoms with van der Waals surface area (Å²) in [4.78, 5) is 26.0. The van der Waals surface area contributed by atoms with Gasteiger partial charge in [0.15, 0.2) is 0 Å². The number of methoxy groups -OCH3 is 1. The van der Waals surface area contributed by atoms with Crippen LogP contribution in [0.4, 0.5) is 5.69 Å². The number of rotatable bonds is 10. The van der Waals surface area contributed by atoms with E-state index in [0.29, 0.717) is 28.8 Å². The van der Waals surface area contributed by atoms with Gasteiger partial charge < -0.3 is 15.4 Å². The highest BCUT2D eigenvalue weighted by Crippen LogP contribution is 2.31. The van der Waals surface area contributed by atoms with E-state index in [1.165, 1.54) is 41.7 Å². The number of nitrogens with two attached hydrogens (primary N) is 1. The number of amidine groups is 1. The highest BCUT2D eigenvalue weighted by Gasteiger charge is 2.42. The maximum absolute atomic E-state index is 14.2. The number of nitrogen functional groups attached to an aromatic ring is 1. The van der Waals surface area contributed by atoms with Crippen molar-refractivity contribution in [1.82, 2.24) is 9.21 Å². The van der Waals surface area contributed by atoms with Crippen LogP contribution in [0.3, 0.4) is 0 Å². The molecule has 0 aromatic heterocycles. The van der Waals surface area contributed by atoms with E-state index >= 15 is 0 Å². The van der Waals surface area contributed by atoms with Crippen molar-refractivity contribution >= 4 is 38.2 Å². The Kier molecular flexibility index (Phi) is 7.92. The molecule has 4 aromatic rings. The number of sulfonamides is 1. The van der Waals surface area contributed by atoms with E-state index in [1.54, 1.807) is 47.4 Å². The van der Waals surface area contributed by atoms with Gasteiger partial charge in [0, 0.05) is 37.3 Å². The highest BCUT2D eigenvalue weighted by atomic mass is 32.2. The first-order valence-corrected chi connectivity index (χ1v) is 14.6. The molecule has 1 atom stereocenters. The number of non-ortho nitro benzene ring substituents is 1. The third kappa shape index (κ3) is 5.80. The number of nitrogens with one attached hydrogen (secondary N) is 1. The molecule has 1 fully saturated rings. The van der Waals surface area contributed by atoms with Gasteiger partial charge in [0.25, 0.3) is 5.69 Å². The van der Waals surface area contributed by atoms with Crippen LogP contribution in [0.15, 0.2) is 89.8 Å². The second-order valence-corrected chi connectivity index (χ2v) is 11.9. The van der Waals surface area contributed by atoms with Crippen molar-refractivity contribution in [2.75, 3.05) is 13.7 Å². The predicted octanol–water partition coefficient (Wildman–Crippen LogP) is 4.03. The zero-order valence-corrected chi connectivity index (χ0v) is 23.6. The lowest BCUT2D eigenvalue weighted by Gasteiger charge is -2.28. The lowest BCUT2D eigenvalue weighted by Crippen LogP contribution is -2.44. The molecule has 1 aliphatic heterocycles. The van der Waals surface area contributed by atoms with Gasteiger partial charge in [-0.3, -0.25) is 20.3 Å². The monoisotopic (exact) mass is 587 g/mol.